The Balaban J connectivity index is 2.01. The van der Waals surface area contributed by atoms with Crippen LogP contribution in [0.5, 0.6) is 0 Å². The molecule has 4 heteroatoms. The van der Waals surface area contributed by atoms with Gasteiger partial charge in [-0.05, 0) is 25.5 Å². The van der Waals surface area contributed by atoms with Gasteiger partial charge < -0.3 is 15.3 Å². The number of hydrogen-bond acceptors (Lipinski definition) is 3. The molecule has 2 rings (SSSR count). The van der Waals surface area contributed by atoms with Crippen molar-refractivity contribution in [2.45, 2.75) is 31.9 Å². The minimum Gasteiger partial charge on any atom is -0.389 e. The van der Waals surface area contributed by atoms with Crippen molar-refractivity contribution in [3.8, 4) is 0 Å². The van der Waals surface area contributed by atoms with E-state index in [1.807, 2.05) is 24.3 Å². The number of fused-ring (bicyclic) bond motifs is 1. The molecule has 1 amide bonds. The quantitative estimate of drug-likeness (QED) is 0.846. The molecular formula is C14H20N2O2. The zero-order chi connectivity index (χ0) is 13.3. The molecule has 1 aliphatic heterocycles. The van der Waals surface area contributed by atoms with E-state index in [1.54, 1.807) is 25.8 Å². The minimum absolute atomic E-state index is 0.0216. The van der Waals surface area contributed by atoms with E-state index in [0.717, 1.165) is 5.69 Å². The number of amides is 1. The molecule has 18 heavy (non-hydrogen) atoms. The highest BCUT2D eigenvalue weighted by Gasteiger charge is 2.30. The van der Waals surface area contributed by atoms with E-state index >= 15 is 0 Å². The third-order valence-corrected chi connectivity index (χ3v) is 3.07. The Morgan fingerprint density at radius 1 is 1.50 bits per heavy atom. The van der Waals surface area contributed by atoms with Gasteiger partial charge in [0.05, 0.1) is 5.60 Å². The predicted octanol–water partition coefficient (Wildman–Crippen LogP) is 1.25. The lowest BCUT2D eigenvalue weighted by atomic mass is 10.1. The lowest BCUT2D eigenvalue weighted by Gasteiger charge is -2.27. The lowest BCUT2D eigenvalue weighted by Crippen LogP contribution is -2.45. The van der Waals surface area contributed by atoms with E-state index < -0.39 is 5.60 Å². The topological polar surface area (TPSA) is 52.6 Å². The molecule has 1 aliphatic rings. The standard InChI is InChI=1S/C14H20N2O2/c1-14(2,18)9-16(3)13(17)12-8-10-6-4-5-7-11(10)15-12/h4-7,12,15,18H,8-9H2,1-3H3. The van der Waals surface area contributed by atoms with Gasteiger partial charge in [0.2, 0.25) is 5.91 Å². The van der Waals surface area contributed by atoms with Crippen molar-refractivity contribution >= 4 is 11.6 Å². The van der Waals surface area contributed by atoms with Crippen LogP contribution >= 0.6 is 0 Å². The van der Waals surface area contributed by atoms with Crippen LogP contribution in [0.15, 0.2) is 24.3 Å². The van der Waals surface area contributed by atoms with E-state index in [2.05, 4.69) is 5.32 Å². The largest absolute Gasteiger partial charge is 0.389 e. The molecule has 4 nitrogen and oxygen atoms in total. The second-order valence-electron chi connectivity index (χ2n) is 5.56. The summed E-state index contributed by atoms with van der Waals surface area (Å²) >= 11 is 0. The molecule has 0 bridgehead atoms. The molecule has 0 saturated heterocycles. The van der Waals surface area contributed by atoms with Gasteiger partial charge in [-0.3, -0.25) is 4.79 Å². The van der Waals surface area contributed by atoms with Gasteiger partial charge in [-0.2, -0.15) is 0 Å². The maximum Gasteiger partial charge on any atom is 0.245 e. The van der Waals surface area contributed by atoms with Gasteiger partial charge in [0.1, 0.15) is 6.04 Å². The van der Waals surface area contributed by atoms with Gasteiger partial charge in [0, 0.05) is 25.7 Å². The van der Waals surface area contributed by atoms with Crippen LogP contribution in [0.2, 0.25) is 0 Å². The van der Waals surface area contributed by atoms with Crippen LogP contribution in [-0.2, 0) is 11.2 Å². The summed E-state index contributed by atoms with van der Waals surface area (Å²) in [5.41, 5.74) is 1.34. The number of nitrogens with zero attached hydrogens (tertiary/aromatic N) is 1. The van der Waals surface area contributed by atoms with Gasteiger partial charge in [0.25, 0.3) is 0 Å². The minimum atomic E-state index is -0.865. The van der Waals surface area contributed by atoms with Crippen LogP contribution in [-0.4, -0.2) is 41.1 Å². The Labute approximate surface area is 108 Å². The van der Waals surface area contributed by atoms with Crippen LogP contribution in [0.25, 0.3) is 0 Å². The molecule has 1 unspecified atom stereocenters. The number of carbonyl (C=O) groups excluding carboxylic acids is 1. The van der Waals surface area contributed by atoms with Crippen molar-refractivity contribution in [1.82, 2.24) is 4.90 Å². The van der Waals surface area contributed by atoms with Crippen molar-refractivity contribution in [1.29, 1.82) is 0 Å². The molecular weight excluding hydrogens is 228 g/mol. The number of rotatable bonds is 3. The molecule has 2 N–H and O–H groups in total. The monoisotopic (exact) mass is 248 g/mol. The number of hydrogen-bond donors (Lipinski definition) is 2. The first-order valence-electron chi connectivity index (χ1n) is 6.18. The average Bonchev–Trinajstić information content (AvgIpc) is 2.68. The van der Waals surface area contributed by atoms with Crippen molar-refractivity contribution in [3.05, 3.63) is 29.8 Å². The highest BCUT2D eigenvalue weighted by molar-refractivity contribution is 5.87. The number of anilines is 1. The Kier molecular flexibility index (Phi) is 3.30. The molecule has 0 fully saturated rings. The maximum absolute atomic E-state index is 12.2. The number of carbonyl (C=O) groups is 1. The smallest absolute Gasteiger partial charge is 0.245 e. The van der Waals surface area contributed by atoms with E-state index in [4.69, 9.17) is 0 Å². The number of nitrogens with one attached hydrogen (secondary N) is 1. The molecule has 0 radical (unpaired) electrons. The van der Waals surface area contributed by atoms with Gasteiger partial charge in [-0.1, -0.05) is 18.2 Å². The Morgan fingerprint density at radius 3 is 2.78 bits per heavy atom. The third-order valence-electron chi connectivity index (χ3n) is 3.07. The van der Waals surface area contributed by atoms with E-state index in [9.17, 15) is 9.90 Å². The molecule has 0 spiro atoms. The predicted molar refractivity (Wildman–Crippen MR) is 71.5 cm³/mol. The maximum atomic E-state index is 12.2. The van der Waals surface area contributed by atoms with Crippen molar-refractivity contribution in [3.63, 3.8) is 0 Å². The normalized spacial score (nSPS) is 18.1. The summed E-state index contributed by atoms with van der Waals surface area (Å²) in [6.07, 6.45) is 0.713. The fourth-order valence-corrected chi connectivity index (χ4v) is 2.37. The first kappa shape index (κ1) is 12.9. The zero-order valence-electron chi connectivity index (χ0n) is 11.1. The summed E-state index contributed by atoms with van der Waals surface area (Å²) in [6.45, 7) is 3.74. The summed E-state index contributed by atoms with van der Waals surface area (Å²) in [7, 11) is 1.73. The van der Waals surface area contributed by atoms with E-state index in [1.165, 1.54) is 5.56 Å². The summed E-state index contributed by atoms with van der Waals surface area (Å²) in [5, 5.41) is 13.0. The van der Waals surface area contributed by atoms with Crippen LogP contribution in [0.3, 0.4) is 0 Å². The molecule has 1 atom stereocenters. The number of benzene rings is 1. The molecule has 0 saturated carbocycles. The number of likely N-dealkylation sites (N-methyl/N-ethyl adjacent to an activating group) is 1. The first-order valence-corrected chi connectivity index (χ1v) is 6.18. The van der Waals surface area contributed by atoms with Crippen LogP contribution < -0.4 is 5.32 Å². The molecule has 1 aromatic carbocycles. The third kappa shape index (κ3) is 2.82. The van der Waals surface area contributed by atoms with Crippen molar-refractivity contribution in [2.75, 3.05) is 18.9 Å². The van der Waals surface area contributed by atoms with E-state index in [-0.39, 0.29) is 11.9 Å². The fourth-order valence-electron chi connectivity index (χ4n) is 2.37. The summed E-state index contributed by atoms with van der Waals surface area (Å²) in [5.74, 6) is 0.0216. The molecule has 1 aromatic rings. The SMILES string of the molecule is CN(CC(C)(C)O)C(=O)C1Cc2ccccc2N1. The van der Waals surface area contributed by atoms with E-state index in [0.29, 0.717) is 13.0 Å². The van der Waals surface area contributed by atoms with Gasteiger partial charge >= 0.3 is 0 Å². The molecule has 0 aliphatic carbocycles. The zero-order valence-corrected chi connectivity index (χ0v) is 11.1. The van der Waals surface area contributed by atoms with Gasteiger partial charge in [0.15, 0.2) is 0 Å². The van der Waals surface area contributed by atoms with Crippen LogP contribution in [0.1, 0.15) is 19.4 Å². The van der Waals surface area contributed by atoms with Crippen molar-refractivity contribution < 1.29 is 9.90 Å². The Hall–Kier alpha value is -1.55. The molecule has 0 aromatic heterocycles. The van der Waals surface area contributed by atoms with Crippen LogP contribution in [0.4, 0.5) is 5.69 Å². The molecule has 98 valence electrons. The van der Waals surface area contributed by atoms with Crippen molar-refractivity contribution in [2.24, 2.45) is 0 Å². The lowest BCUT2D eigenvalue weighted by molar-refractivity contribution is -0.133. The Bertz CT molecular complexity index is 426. The number of para-hydroxylation sites is 1. The van der Waals surface area contributed by atoms with Gasteiger partial charge in [-0.15, -0.1) is 0 Å². The summed E-state index contributed by atoms with van der Waals surface area (Å²) in [6, 6.07) is 7.74. The second kappa shape index (κ2) is 4.61. The fraction of sp³-hybridized carbons (Fsp3) is 0.500. The molecule has 1 heterocycles. The summed E-state index contributed by atoms with van der Waals surface area (Å²) in [4.78, 5) is 13.8. The van der Waals surface area contributed by atoms with Crippen LogP contribution in [0, 0.1) is 0 Å². The number of aliphatic hydroxyl groups is 1. The summed E-state index contributed by atoms with van der Waals surface area (Å²) < 4.78 is 0. The Morgan fingerprint density at radius 2 is 2.17 bits per heavy atom. The van der Waals surface area contributed by atoms with Gasteiger partial charge in [-0.25, -0.2) is 0 Å². The second-order valence-corrected chi connectivity index (χ2v) is 5.56. The highest BCUT2D eigenvalue weighted by Crippen LogP contribution is 2.26. The average molecular weight is 248 g/mol. The first-order chi connectivity index (χ1) is 8.37. The highest BCUT2D eigenvalue weighted by atomic mass is 16.3.